The van der Waals surface area contributed by atoms with Crippen LogP contribution in [0.2, 0.25) is 0 Å². The number of carbonyl (C=O) groups excluding carboxylic acids is 1. The van der Waals surface area contributed by atoms with Crippen molar-refractivity contribution in [2.24, 2.45) is 0 Å². The van der Waals surface area contributed by atoms with Crippen LogP contribution in [0, 0.1) is 0 Å². The summed E-state index contributed by atoms with van der Waals surface area (Å²) in [7, 11) is 0. The van der Waals surface area contributed by atoms with Crippen molar-refractivity contribution in [2.45, 2.75) is 32.2 Å². The topological polar surface area (TPSA) is 42.0 Å². The van der Waals surface area contributed by atoms with Gasteiger partial charge in [0.2, 0.25) is 0 Å². The summed E-state index contributed by atoms with van der Waals surface area (Å²) in [6, 6.07) is 16.5. The Bertz CT molecular complexity index is 946. The van der Waals surface area contributed by atoms with E-state index in [-0.39, 0.29) is 5.91 Å². The zero-order valence-electron chi connectivity index (χ0n) is 14.1. The summed E-state index contributed by atoms with van der Waals surface area (Å²) in [5.41, 5.74) is 4.68. The Morgan fingerprint density at radius 2 is 1.92 bits per heavy atom. The van der Waals surface area contributed by atoms with Gasteiger partial charge < -0.3 is 5.32 Å². The Hall–Kier alpha value is -2.20. The van der Waals surface area contributed by atoms with Crippen molar-refractivity contribution >= 4 is 32.7 Å². The molecule has 1 heterocycles. The molecule has 3 aromatic rings. The lowest BCUT2D eigenvalue weighted by Crippen LogP contribution is -2.25. The Balaban J connectivity index is 1.84. The first-order valence-electron chi connectivity index (χ1n) is 8.64. The van der Waals surface area contributed by atoms with Crippen LogP contribution < -0.4 is 5.32 Å². The van der Waals surface area contributed by atoms with Crippen molar-refractivity contribution in [2.75, 3.05) is 0 Å². The molecule has 1 fully saturated rings. The minimum absolute atomic E-state index is 0.0144. The number of nitrogens with zero attached hydrogens (tertiary/aromatic N) is 1. The second-order valence-electron chi connectivity index (χ2n) is 6.51. The van der Waals surface area contributed by atoms with Gasteiger partial charge in [0.15, 0.2) is 0 Å². The molecule has 1 saturated carbocycles. The Labute approximate surface area is 155 Å². The van der Waals surface area contributed by atoms with Gasteiger partial charge in [0.25, 0.3) is 5.91 Å². The van der Waals surface area contributed by atoms with Gasteiger partial charge >= 0.3 is 0 Å². The third kappa shape index (κ3) is 3.45. The minimum Gasteiger partial charge on any atom is -0.349 e. The van der Waals surface area contributed by atoms with E-state index in [9.17, 15) is 4.79 Å². The summed E-state index contributed by atoms with van der Waals surface area (Å²) < 4.78 is 0.947. The van der Waals surface area contributed by atoms with E-state index >= 15 is 0 Å². The van der Waals surface area contributed by atoms with Gasteiger partial charge in [-0.3, -0.25) is 4.79 Å². The highest BCUT2D eigenvalue weighted by molar-refractivity contribution is 9.10. The zero-order chi connectivity index (χ0) is 17.4. The number of pyridine rings is 1. The summed E-state index contributed by atoms with van der Waals surface area (Å²) in [5, 5.41) is 3.97. The summed E-state index contributed by atoms with van der Waals surface area (Å²) >= 11 is 3.50. The van der Waals surface area contributed by atoms with E-state index in [1.165, 1.54) is 5.56 Å². The molecule has 1 amide bonds. The fourth-order valence-electron chi connectivity index (χ4n) is 2.94. The van der Waals surface area contributed by atoms with E-state index in [1.54, 1.807) is 0 Å². The van der Waals surface area contributed by atoms with E-state index in [2.05, 4.69) is 52.4 Å². The molecule has 1 aliphatic carbocycles. The number of carbonyl (C=O) groups is 1. The van der Waals surface area contributed by atoms with Crippen LogP contribution in [0.3, 0.4) is 0 Å². The lowest BCUT2D eigenvalue weighted by atomic mass is 10.0. The number of hydrogen-bond donors (Lipinski definition) is 1. The highest BCUT2D eigenvalue weighted by Gasteiger charge is 2.25. The lowest BCUT2D eigenvalue weighted by molar-refractivity contribution is 0.0952. The lowest BCUT2D eigenvalue weighted by Gasteiger charge is -2.11. The monoisotopic (exact) mass is 394 g/mol. The zero-order valence-corrected chi connectivity index (χ0v) is 15.6. The molecular weight excluding hydrogens is 376 g/mol. The van der Waals surface area contributed by atoms with Crippen LogP contribution in [-0.4, -0.2) is 16.9 Å². The quantitative estimate of drug-likeness (QED) is 0.666. The predicted molar refractivity (Wildman–Crippen MR) is 105 cm³/mol. The fraction of sp³-hybridized carbons (Fsp3) is 0.238. The van der Waals surface area contributed by atoms with Crippen LogP contribution in [0.25, 0.3) is 22.2 Å². The van der Waals surface area contributed by atoms with Crippen LogP contribution in [0.15, 0.2) is 53.0 Å². The summed E-state index contributed by atoms with van der Waals surface area (Å²) in [5.74, 6) is -0.0144. The SMILES string of the molecule is CCc1ccc(-c2cc(C(=O)NC3CC3)c3cc(Br)ccc3n2)cc1. The molecular formula is C21H19BrN2O. The normalized spacial score (nSPS) is 13.8. The van der Waals surface area contributed by atoms with Crippen molar-refractivity contribution in [3.8, 4) is 11.3 Å². The first-order valence-corrected chi connectivity index (χ1v) is 9.44. The average molecular weight is 395 g/mol. The van der Waals surface area contributed by atoms with Crippen molar-refractivity contribution in [1.82, 2.24) is 10.3 Å². The second kappa shape index (κ2) is 6.60. The predicted octanol–water partition coefficient (Wildman–Crippen LogP) is 5.12. The number of benzene rings is 2. The maximum atomic E-state index is 12.8. The van der Waals surface area contributed by atoms with Gasteiger partial charge in [-0.2, -0.15) is 0 Å². The average Bonchev–Trinajstić information content (AvgIpc) is 3.45. The number of aryl methyl sites for hydroxylation is 1. The van der Waals surface area contributed by atoms with E-state index in [4.69, 9.17) is 4.98 Å². The summed E-state index contributed by atoms with van der Waals surface area (Å²) in [6.45, 7) is 2.14. The largest absolute Gasteiger partial charge is 0.349 e. The molecule has 126 valence electrons. The van der Waals surface area contributed by atoms with E-state index in [0.29, 0.717) is 11.6 Å². The molecule has 4 heteroatoms. The highest BCUT2D eigenvalue weighted by Crippen LogP contribution is 2.28. The smallest absolute Gasteiger partial charge is 0.252 e. The van der Waals surface area contributed by atoms with Gasteiger partial charge in [-0.1, -0.05) is 47.1 Å². The molecule has 1 aliphatic rings. The molecule has 3 nitrogen and oxygen atoms in total. The molecule has 0 atom stereocenters. The van der Waals surface area contributed by atoms with Gasteiger partial charge in [0.1, 0.15) is 0 Å². The summed E-state index contributed by atoms with van der Waals surface area (Å²) in [6.07, 6.45) is 3.15. The number of fused-ring (bicyclic) bond motifs is 1. The number of rotatable bonds is 4. The number of amides is 1. The molecule has 1 aromatic heterocycles. The van der Waals surface area contributed by atoms with Gasteiger partial charge in [-0.25, -0.2) is 4.98 Å². The molecule has 0 aliphatic heterocycles. The van der Waals surface area contributed by atoms with E-state index < -0.39 is 0 Å². The third-order valence-corrected chi connectivity index (χ3v) is 5.08. The molecule has 0 bridgehead atoms. The summed E-state index contributed by atoms with van der Waals surface area (Å²) in [4.78, 5) is 17.5. The van der Waals surface area contributed by atoms with Gasteiger partial charge in [0, 0.05) is 21.5 Å². The molecule has 1 N–H and O–H groups in total. The molecule has 2 aromatic carbocycles. The van der Waals surface area contributed by atoms with E-state index in [1.807, 2.05) is 24.3 Å². The molecule has 0 radical (unpaired) electrons. The molecule has 0 unspecified atom stereocenters. The van der Waals surface area contributed by atoms with Crippen LogP contribution >= 0.6 is 15.9 Å². The standard InChI is InChI=1S/C21H19BrN2O/c1-2-13-3-5-14(6-4-13)20-12-18(21(25)23-16-8-9-16)17-11-15(22)7-10-19(17)24-20/h3-7,10-12,16H,2,8-9H2,1H3,(H,23,25). The van der Waals surface area contributed by atoms with Crippen LogP contribution in [0.5, 0.6) is 0 Å². The Kier molecular flexibility index (Phi) is 4.30. The maximum Gasteiger partial charge on any atom is 0.252 e. The maximum absolute atomic E-state index is 12.8. The van der Waals surface area contributed by atoms with Gasteiger partial charge in [0.05, 0.1) is 16.8 Å². The molecule has 4 rings (SSSR count). The molecule has 0 saturated heterocycles. The number of aromatic nitrogens is 1. The van der Waals surface area contributed by atoms with Crippen molar-refractivity contribution < 1.29 is 4.79 Å². The molecule has 0 spiro atoms. The minimum atomic E-state index is -0.0144. The van der Waals surface area contributed by atoms with Crippen LogP contribution in [-0.2, 0) is 6.42 Å². The Morgan fingerprint density at radius 1 is 1.16 bits per heavy atom. The number of hydrogen-bond acceptors (Lipinski definition) is 2. The number of nitrogens with one attached hydrogen (secondary N) is 1. The first kappa shape index (κ1) is 16.3. The van der Waals surface area contributed by atoms with Crippen LogP contribution in [0.1, 0.15) is 35.7 Å². The van der Waals surface area contributed by atoms with Crippen LogP contribution in [0.4, 0.5) is 0 Å². The number of halogens is 1. The molecule has 25 heavy (non-hydrogen) atoms. The first-order chi connectivity index (χ1) is 12.1. The second-order valence-corrected chi connectivity index (χ2v) is 7.43. The highest BCUT2D eigenvalue weighted by atomic mass is 79.9. The van der Waals surface area contributed by atoms with Crippen molar-refractivity contribution in [3.05, 3.63) is 64.1 Å². The Morgan fingerprint density at radius 3 is 2.60 bits per heavy atom. The third-order valence-electron chi connectivity index (χ3n) is 4.59. The van der Waals surface area contributed by atoms with Crippen molar-refractivity contribution in [3.63, 3.8) is 0 Å². The van der Waals surface area contributed by atoms with Gasteiger partial charge in [-0.15, -0.1) is 0 Å². The fourth-order valence-corrected chi connectivity index (χ4v) is 3.30. The van der Waals surface area contributed by atoms with Gasteiger partial charge in [-0.05, 0) is 49.1 Å². The van der Waals surface area contributed by atoms with E-state index in [0.717, 1.165) is 45.9 Å². The van der Waals surface area contributed by atoms with Crippen molar-refractivity contribution in [1.29, 1.82) is 0 Å².